The summed E-state index contributed by atoms with van der Waals surface area (Å²) in [5.74, 6) is 1.73. The summed E-state index contributed by atoms with van der Waals surface area (Å²) in [6.07, 6.45) is 0.881. The Balaban J connectivity index is 1.92. The summed E-state index contributed by atoms with van der Waals surface area (Å²) < 4.78 is 11.1. The SMILES string of the molecule is NCCCOCc1ccc(-c2ccccc2)o1. The standard InChI is InChI=1S/C14H17NO2/c15-9-4-10-16-11-13-7-8-14(17-13)12-5-2-1-3-6-12/h1-3,5-8H,4,9-11,15H2. The van der Waals surface area contributed by atoms with Crippen LogP contribution < -0.4 is 5.73 Å². The minimum absolute atomic E-state index is 0.507. The summed E-state index contributed by atoms with van der Waals surface area (Å²) in [7, 11) is 0. The highest BCUT2D eigenvalue weighted by atomic mass is 16.5. The molecule has 0 saturated carbocycles. The van der Waals surface area contributed by atoms with E-state index in [1.807, 2.05) is 42.5 Å². The summed E-state index contributed by atoms with van der Waals surface area (Å²) in [6.45, 7) is 1.85. The number of ether oxygens (including phenoxy) is 1. The van der Waals surface area contributed by atoms with Gasteiger partial charge in [-0.05, 0) is 25.1 Å². The first-order valence-corrected chi connectivity index (χ1v) is 5.82. The maximum atomic E-state index is 5.69. The van der Waals surface area contributed by atoms with Gasteiger partial charge in [-0.25, -0.2) is 0 Å². The molecule has 2 N–H and O–H groups in total. The quantitative estimate of drug-likeness (QED) is 0.778. The molecule has 0 radical (unpaired) electrons. The molecule has 0 fully saturated rings. The molecule has 90 valence electrons. The molecular formula is C14H17NO2. The van der Waals surface area contributed by atoms with Gasteiger partial charge in [0.15, 0.2) is 0 Å². The Bertz CT molecular complexity index is 436. The molecular weight excluding hydrogens is 214 g/mol. The van der Waals surface area contributed by atoms with Crippen molar-refractivity contribution >= 4 is 0 Å². The summed E-state index contributed by atoms with van der Waals surface area (Å²) in [5.41, 5.74) is 6.47. The van der Waals surface area contributed by atoms with Crippen LogP contribution >= 0.6 is 0 Å². The van der Waals surface area contributed by atoms with Gasteiger partial charge in [0.25, 0.3) is 0 Å². The van der Waals surface area contributed by atoms with E-state index < -0.39 is 0 Å². The number of furan rings is 1. The molecule has 0 aliphatic rings. The van der Waals surface area contributed by atoms with Crippen LogP contribution in [0, 0.1) is 0 Å². The van der Waals surface area contributed by atoms with E-state index in [9.17, 15) is 0 Å². The average molecular weight is 231 g/mol. The second-order valence-corrected chi connectivity index (χ2v) is 3.83. The highest BCUT2D eigenvalue weighted by molar-refractivity contribution is 5.57. The molecule has 1 aromatic heterocycles. The third-order valence-corrected chi connectivity index (χ3v) is 2.46. The molecule has 0 atom stereocenters. The van der Waals surface area contributed by atoms with Crippen LogP contribution in [0.3, 0.4) is 0 Å². The maximum Gasteiger partial charge on any atom is 0.134 e. The first-order valence-electron chi connectivity index (χ1n) is 5.82. The first kappa shape index (κ1) is 11.9. The normalized spacial score (nSPS) is 10.6. The zero-order valence-corrected chi connectivity index (χ0v) is 9.76. The van der Waals surface area contributed by atoms with Crippen LogP contribution in [-0.2, 0) is 11.3 Å². The molecule has 1 heterocycles. The van der Waals surface area contributed by atoms with Crippen LogP contribution in [0.25, 0.3) is 11.3 Å². The summed E-state index contributed by atoms with van der Waals surface area (Å²) in [5, 5.41) is 0. The van der Waals surface area contributed by atoms with Crippen molar-refractivity contribution in [3.8, 4) is 11.3 Å². The average Bonchev–Trinajstić information content (AvgIpc) is 2.85. The van der Waals surface area contributed by atoms with Crippen molar-refractivity contribution < 1.29 is 9.15 Å². The summed E-state index contributed by atoms with van der Waals surface area (Å²) in [4.78, 5) is 0. The molecule has 2 aromatic rings. The van der Waals surface area contributed by atoms with Gasteiger partial charge in [0.2, 0.25) is 0 Å². The van der Waals surface area contributed by atoms with E-state index in [1.54, 1.807) is 0 Å². The van der Waals surface area contributed by atoms with Crippen LogP contribution in [0.1, 0.15) is 12.2 Å². The second kappa shape index (κ2) is 6.23. The minimum atomic E-state index is 0.507. The fourth-order valence-corrected chi connectivity index (χ4v) is 1.57. The maximum absolute atomic E-state index is 5.69. The number of benzene rings is 1. The second-order valence-electron chi connectivity index (χ2n) is 3.83. The van der Waals surface area contributed by atoms with E-state index in [1.165, 1.54) is 0 Å². The van der Waals surface area contributed by atoms with Crippen molar-refractivity contribution in [3.63, 3.8) is 0 Å². The molecule has 3 nitrogen and oxygen atoms in total. The monoisotopic (exact) mass is 231 g/mol. The Morgan fingerprint density at radius 1 is 1.06 bits per heavy atom. The zero-order valence-electron chi connectivity index (χ0n) is 9.76. The third kappa shape index (κ3) is 3.44. The Labute approximate surface area is 101 Å². The Morgan fingerprint density at radius 3 is 2.65 bits per heavy atom. The van der Waals surface area contributed by atoms with Gasteiger partial charge in [0, 0.05) is 12.2 Å². The Hall–Kier alpha value is -1.58. The van der Waals surface area contributed by atoms with E-state index in [-0.39, 0.29) is 0 Å². The smallest absolute Gasteiger partial charge is 0.134 e. The van der Waals surface area contributed by atoms with Crippen molar-refractivity contribution in [2.24, 2.45) is 5.73 Å². The zero-order chi connectivity index (χ0) is 11.9. The molecule has 0 spiro atoms. The van der Waals surface area contributed by atoms with Gasteiger partial charge in [0.1, 0.15) is 18.1 Å². The molecule has 0 aliphatic heterocycles. The number of nitrogens with two attached hydrogens (primary N) is 1. The molecule has 0 saturated heterocycles. The van der Waals surface area contributed by atoms with Gasteiger partial charge in [-0.1, -0.05) is 30.3 Å². The van der Waals surface area contributed by atoms with Crippen molar-refractivity contribution in [1.29, 1.82) is 0 Å². The lowest BCUT2D eigenvalue weighted by Gasteiger charge is -2.00. The molecule has 2 rings (SSSR count). The van der Waals surface area contributed by atoms with Gasteiger partial charge >= 0.3 is 0 Å². The van der Waals surface area contributed by atoms with Gasteiger partial charge in [0.05, 0.1) is 0 Å². The van der Waals surface area contributed by atoms with E-state index in [0.29, 0.717) is 19.8 Å². The molecule has 0 bridgehead atoms. The third-order valence-electron chi connectivity index (χ3n) is 2.46. The summed E-state index contributed by atoms with van der Waals surface area (Å²) in [6, 6.07) is 13.9. The van der Waals surface area contributed by atoms with Gasteiger partial charge < -0.3 is 14.9 Å². The largest absolute Gasteiger partial charge is 0.459 e. The highest BCUT2D eigenvalue weighted by Gasteiger charge is 2.03. The van der Waals surface area contributed by atoms with Crippen molar-refractivity contribution in [2.45, 2.75) is 13.0 Å². The fourth-order valence-electron chi connectivity index (χ4n) is 1.57. The number of rotatable bonds is 6. The van der Waals surface area contributed by atoms with Crippen LogP contribution in [0.2, 0.25) is 0 Å². The van der Waals surface area contributed by atoms with Crippen LogP contribution in [0.15, 0.2) is 46.9 Å². The predicted molar refractivity (Wildman–Crippen MR) is 67.5 cm³/mol. The van der Waals surface area contributed by atoms with E-state index in [2.05, 4.69) is 0 Å². The lowest BCUT2D eigenvalue weighted by atomic mass is 10.2. The summed E-state index contributed by atoms with van der Waals surface area (Å²) >= 11 is 0. The molecule has 0 unspecified atom stereocenters. The molecule has 1 aromatic carbocycles. The first-order chi connectivity index (χ1) is 8.40. The fraction of sp³-hybridized carbons (Fsp3) is 0.286. The Kier molecular flexibility index (Phi) is 4.36. The number of hydrogen-bond acceptors (Lipinski definition) is 3. The molecule has 17 heavy (non-hydrogen) atoms. The highest BCUT2D eigenvalue weighted by Crippen LogP contribution is 2.21. The lowest BCUT2D eigenvalue weighted by Crippen LogP contribution is -2.03. The van der Waals surface area contributed by atoms with Gasteiger partial charge in [-0.15, -0.1) is 0 Å². The Morgan fingerprint density at radius 2 is 1.88 bits per heavy atom. The van der Waals surface area contributed by atoms with Crippen LogP contribution in [-0.4, -0.2) is 13.2 Å². The molecule has 0 amide bonds. The predicted octanol–water partition coefficient (Wildman–Crippen LogP) is 2.81. The van der Waals surface area contributed by atoms with Crippen molar-refractivity contribution in [1.82, 2.24) is 0 Å². The topological polar surface area (TPSA) is 48.4 Å². The van der Waals surface area contributed by atoms with Crippen LogP contribution in [0.5, 0.6) is 0 Å². The minimum Gasteiger partial charge on any atom is -0.459 e. The van der Waals surface area contributed by atoms with E-state index in [4.69, 9.17) is 14.9 Å². The number of hydrogen-bond donors (Lipinski definition) is 1. The lowest BCUT2D eigenvalue weighted by molar-refractivity contribution is 0.106. The molecule has 0 aliphatic carbocycles. The van der Waals surface area contributed by atoms with Gasteiger partial charge in [-0.3, -0.25) is 0 Å². The van der Waals surface area contributed by atoms with Crippen molar-refractivity contribution in [2.75, 3.05) is 13.2 Å². The van der Waals surface area contributed by atoms with E-state index in [0.717, 1.165) is 23.5 Å². The van der Waals surface area contributed by atoms with Gasteiger partial charge in [-0.2, -0.15) is 0 Å². The molecule has 3 heteroatoms. The van der Waals surface area contributed by atoms with Crippen molar-refractivity contribution in [3.05, 3.63) is 48.2 Å². The van der Waals surface area contributed by atoms with Crippen LogP contribution in [0.4, 0.5) is 0 Å². The van der Waals surface area contributed by atoms with E-state index >= 15 is 0 Å².